The van der Waals surface area contributed by atoms with Gasteiger partial charge < -0.3 is 5.11 Å². The third kappa shape index (κ3) is 4.49. The lowest BCUT2D eigenvalue weighted by Gasteiger charge is -2.12. The molecule has 1 atom stereocenters. The third-order valence-electron chi connectivity index (χ3n) is 4.39. The number of nitrogens with zero attached hydrogens (tertiary/aromatic N) is 2. The second kappa shape index (κ2) is 7.76. The van der Waals surface area contributed by atoms with Crippen molar-refractivity contribution < 1.29 is 31.0 Å². The van der Waals surface area contributed by atoms with E-state index in [1.54, 1.807) is 18.2 Å². The molecule has 1 aliphatic carbocycles. The van der Waals surface area contributed by atoms with Crippen molar-refractivity contribution in [3.63, 3.8) is 0 Å². The number of rotatable bonds is 4. The molecule has 3 rings (SSSR count). The summed E-state index contributed by atoms with van der Waals surface area (Å²) in [6.07, 6.45) is 8.85. The SMILES string of the molecule is Cc1cc(S(=O)(=O)O)cc2cc(S(=O)(=O)O)c(N=NC3=CC(C)C=CC=C3)c(O)c12. The van der Waals surface area contributed by atoms with E-state index in [1.807, 2.05) is 19.1 Å². The number of fused-ring (bicyclic) bond motifs is 1. The van der Waals surface area contributed by atoms with Crippen LogP contribution in [-0.2, 0) is 20.2 Å². The molecule has 2 aromatic carbocycles. The van der Waals surface area contributed by atoms with Crippen LogP contribution < -0.4 is 0 Å². The molecule has 3 N–H and O–H groups in total. The van der Waals surface area contributed by atoms with Gasteiger partial charge in [0.25, 0.3) is 20.2 Å². The second-order valence-corrected chi connectivity index (χ2v) is 9.57. The van der Waals surface area contributed by atoms with Gasteiger partial charge in [0, 0.05) is 5.39 Å². The molecular weight excluding hydrogens is 432 g/mol. The molecule has 0 heterocycles. The van der Waals surface area contributed by atoms with E-state index >= 15 is 0 Å². The predicted octanol–water partition coefficient (Wildman–Crippen LogP) is 4.08. The summed E-state index contributed by atoms with van der Waals surface area (Å²) in [4.78, 5) is -1.25. The van der Waals surface area contributed by atoms with Gasteiger partial charge in [-0.05, 0) is 48.1 Å². The zero-order valence-electron chi connectivity index (χ0n) is 15.9. The molecule has 1 unspecified atom stereocenters. The maximum Gasteiger partial charge on any atom is 0.296 e. The number of hydrogen-bond donors (Lipinski definition) is 3. The van der Waals surface area contributed by atoms with Gasteiger partial charge in [-0.15, -0.1) is 5.11 Å². The van der Waals surface area contributed by atoms with Crippen LogP contribution in [0.5, 0.6) is 5.75 Å². The maximum absolute atomic E-state index is 11.9. The van der Waals surface area contributed by atoms with E-state index in [4.69, 9.17) is 0 Å². The van der Waals surface area contributed by atoms with E-state index in [0.717, 1.165) is 18.2 Å². The number of aryl methyl sites for hydroxylation is 1. The standard InChI is InChI=1S/C19H18N2O7S2/c1-11-5-3-4-6-14(7-11)20-21-18-16(30(26,27)28)10-13-9-15(29(23,24)25)8-12(2)17(13)19(18)22/h3-11,22H,1-2H3,(H,23,24,25)(H,26,27,28). The molecule has 0 bridgehead atoms. The highest BCUT2D eigenvalue weighted by molar-refractivity contribution is 7.86. The third-order valence-corrected chi connectivity index (χ3v) is 6.09. The van der Waals surface area contributed by atoms with Crippen LogP contribution in [0.3, 0.4) is 0 Å². The fraction of sp³-hybridized carbons (Fsp3) is 0.158. The first kappa shape index (κ1) is 21.8. The number of hydrogen-bond acceptors (Lipinski definition) is 7. The summed E-state index contributed by atoms with van der Waals surface area (Å²) >= 11 is 0. The largest absolute Gasteiger partial charge is 0.505 e. The fourth-order valence-corrected chi connectivity index (χ4v) is 4.31. The van der Waals surface area contributed by atoms with E-state index < -0.39 is 41.5 Å². The van der Waals surface area contributed by atoms with E-state index in [0.29, 0.717) is 5.70 Å². The molecule has 0 saturated carbocycles. The lowest BCUT2D eigenvalue weighted by atomic mass is 10.0. The topological polar surface area (TPSA) is 154 Å². The quantitative estimate of drug-likeness (QED) is 0.468. The van der Waals surface area contributed by atoms with E-state index in [1.165, 1.54) is 6.92 Å². The molecule has 0 saturated heterocycles. The van der Waals surface area contributed by atoms with E-state index in [2.05, 4.69) is 10.2 Å². The lowest BCUT2D eigenvalue weighted by Crippen LogP contribution is -2.02. The molecule has 0 radical (unpaired) electrons. The molecule has 11 heteroatoms. The molecule has 30 heavy (non-hydrogen) atoms. The zero-order valence-corrected chi connectivity index (χ0v) is 17.5. The molecule has 1 aliphatic rings. The Kier molecular flexibility index (Phi) is 5.65. The first-order valence-electron chi connectivity index (χ1n) is 8.61. The van der Waals surface area contributed by atoms with Crippen LogP contribution in [0.1, 0.15) is 12.5 Å². The van der Waals surface area contributed by atoms with Gasteiger partial charge in [0.1, 0.15) is 10.6 Å². The number of allylic oxidation sites excluding steroid dienone is 5. The molecule has 0 aliphatic heterocycles. The Morgan fingerprint density at radius 3 is 2.30 bits per heavy atom. The maximum atomic E-state index is 11.9. The van der Waals surface area contributed by atoms with Crippen LogP contribution in [0.25, 0.3) is 10.8 Å². The average molecular weight is 450 g/mol. The van der Waals surface area contributed by atoms with Gasteiger partial charge in [-0.2, -0.15) is 21.9 Å². The highest BCUT2D eigenvalue weighted by Gasteiger charge is 2.24. The monoisotopic (exact) mass is 450 g/mol. The van der Waals surface area contributed by atoms with Crippen molar-refractivity contribution in [2.75, 3.05) is 0 Å². The predicted molar refractivity (Wildman–Crippen MR) is 110 cm³/mol. The molecule has 0 aromatic heterocycles. The summed E-state index contributed by atoms with van der Waals surface area (Å²) in [5.41, 5.74) is 0.154. The van der Waals surface area contributed by atoms with Crippen molar-refractivity contribution >= 4 is 36.7 Å². The smallest absolute Gasteiger partial charge is 0.296 e. The Labute approximate surface area is 173 Å². The molecule has 0 fully saturated rings. The van der Waals surface area contributed by atoms with Crippen molar-refractivity contribution in [2.45, 2.75) is 23.6 Å². The Bertz CT molecular complexity index is 1370. The minimum atomic E-state index is -4.86. The molecule has 0 spiro atoms. The van der Waals surface area contributed by atoms with Gasteiger partial charge in [0.2, 0.25) is 0 Å². The van der Waals surface area contributed by atoms with Crippen LogP contribution >= 0.6 is 0 Å². The van der Waals surface area contributed by atoms with Gasteiger partial charge in [-0.25, -0.2) is 0 Å². The minimum absolute atomic E-state index is 0.0295. The number of azo groups is 1. The Balaban J connectivity index is 2.29. The second-order valence-electron chi connectivity index (χ2n) is 6.75. The van der Waals surface area contributed by atoms with Crippen molar-refractivity contribution in [3.8, 4) is 5.75 Å². The Hall–Kier alpha value is -2.86. The van der Waals surface area contributed by atoms with Gasteiger partial charge in [-0.1, -0.05) is 31.2 Å². The Morgan fingerprint density at radius 1 is 0.967 bits per heavy atom. The molecule has 2 aromatic rings. The molecule has 0 amide bonds. The van der Waals surface area contributed by atoms with Gasteiger partial charge in [-0.3, -0.25) is 9.11 Å². The summed E-state index contributed by atoms with van der Waals surface area (Å²) in [7, 11) is -9.43. The molecule has 9 nitrogen and oxygen atoms in total. The van der Waals surface area contributed by atoms with Crippen LogP contribution in [0.2, 0.25) is 0 Å². The first-order chi connectivity index (χ1) is 13.9. The van der Waals surface area contributed by atoms with Gasteiger partial charge in [0.15, 0.2) is 5.75 Å². The highest BCUT2D eigenvalue weighted by atomic mass is 32.2. The van der Waals surface area contributed by atoms with Crippen LogP contribution in [-0.4, -0.2) is 31.0 Å². The van der Waals surface area contributed by atoms with Gasteiger partial charge >= 0.3 is 0 Å². The summed E-state index contributed by atoms with van der Waals surface area (Å²) in [6.45, 7) is 3.38. The molecular formula is C19H18N2O7S2. The highest BCUT2D eigenvalue weighted by Crippen LogP contribution is 2.43. The van der Waals surface area contributed by atoms with Crippen molar-refractivity contribution in [1.82, 2.24) is 0 Å². The first-order valence-corrected chi connectivity index (χ1v) is 11.5. The summed E-state index contributed by atoms with van der Waals surface area (Å²) in [6, 6.07) is 3.06. The minimum Gasteiger partial charge on any atom is -0.505 e. The van der Waals surface area contributed by atoms with E-state index in [-0.39, 0.29) is 22.3 Å². The van der Waals surface area contributed by atoms with Crippen LogP contribution in [0.15, 0.2) is 74.3 Å². The summed E-state index contributed by atoms with van der Waals surface area (Å²) < 4.78 is 65.7. The summed E-state index contributed by atoms with van der Waals surface area (Å²) in [5.74, 6) is -0.561. The summed E-state index contributed by atoms with van der Waals surface area (Å²) in [5, 5.41) is 18.6. The number of benzene rings is 2. The van der Waals surface area contributed by atoms with Gasteiger partial charge in [0.05, 0.1) is 10.6 Å². The fourth-order valence-electron chi connectivity index (χ4n) is 3.05. The van der Waals surface area contributed by atoms with Crippen LogP contribution in [0, 0.1) is 12.8 Å². The number of aromatic hydroxyl groups is 1. The number of phenols is 1. The number of phenolic OH excluding ortho intramolecular Hbond substituents is 1. The molecule has 158 valence electrons. The van der Waals surface area contributed by atoms with Crippen LogP contribution in [0.4, 0.5) is 5.69 Å². The lowest BCUT2D eigenvalue weighted by molar-refractivity contribution is 0.472. The average Bonchev–Trinajstić information content (AvgIpc) is 2.82. The zero-order chi connectivity index (χ0) is 22.3. The van der Waals surface area contributed by atoms with Crippen molar-refractivity contribution in [3.05, 3.63) is 59.8 Å². The van der Waals surface area contributed by atoms with E-state index in [9.17, 15) is 31.0 Å². The van der Waals surface area contributed by atoms with Crippen molar-refractivity contribution in [2.24, 2.45) is 16.1 Å². The Morgan fingerprint density at radius 2 is 1.67 bits per heavy atom. The normalized spacial score (nSPS) is 17.5. The van der Waals surface area contributed by atoms with Crippen molar-refractivity contribution in [1.29, 1.82) is 0 Å².